The Bertz CT molecular complexity index is 1290. The molecule has 0 amide bonds. The highest BCUT2D eigenvalue weighted by atomic mass is 19.4. The molecule has 196 valence electrons. The zero-order chi connectivity index (χ0) is 26.9. The zero-order valence-electron chi connectivity index (χ0n) is 20.5. The standard InChI is InChI=1S/C27H27F4N3O3/c1-15-10-19(21-12-24(37-3)32-14-22(21)28)7-6-18(15)11-17-4-8-20(9-5-17)34-23(13-25(35)36)16(2)26(33-34)27(29,30)31/h4-10,12,14,16,23,25,35-36H,11,13H2,1-3H3/t16-,23-/m0/s1. The van der Waals surface area contributed by atoms with Gasteiger partial charge in [0.25, 0.3) is 0 Å². The fourth-order valence-corrected chi connectivity index (χ4v) is 4.56. The minimum absolute atomic E-state index is 0.276. The molecular weight excluding hydrogens is 490 g/mol. The van der Waals surface area contributed by atoms with Crippen LogP contribution in [-0.4, -0.2) is 46.5 Å². The molecular formula is C27H27F4N3O3. The van der Waals surface area contributed by atoms with Crippen LogP contribution in [0.3, 0.4) is 0 Å². The number of aliphatic hydroxyl groups is 2. The quantitative estimate of drug-likeness (QED) is 0.331. The maximum Gasteiger partial charge on any atom is 0.431 e. The van der Waals surface area contributed by atoms with E-state index in [0.29, 0.717) is 29.1 Å². The van der Waals surface area contributed by atoms with Crippen LogP contribution >= 0.6 is 0 Å². The Hall–Kier alpha value is -3.50. The summed E-state index contributed by atoms with van der Waals surface area (Å²) in [6.45, 7) is 3.31. The summed E-state index contributed by atoms with van der Waals surface area (Å²) in [6, 6.07) is 13.2. The maximum atomic E-state index is 14.3. The molecule has 1 aromatic heterocycles. The minimum Gasteiger partial charge on any atom is -0.481 e. The lowest BCUT2D eigenvalue weighted by Crippen LogP contribution is -2.37. The molecule has 2 N–H and O–H groups in total. The van der Waals surface area contributed by atoms with E-state index in [1.165, 1.54) is 25.1 Å². The van der Waals surface area contributed by atoms with Crippen LogP contribution < -0.4 is 9.75 Å². The highest BCUT2D eigenvalue weighted by molar-refractivity contribution is 5.95. The summed E-state index contributed by atoms with van der Waals surface area (Å²) in [6.07, 6.45) is -4.97. The number of alkyl halides is 3. The lowest BCUT2D eigenvalue weighted by molar-refractivity contribution is -0.0650. The number of hydrazone groups is 1. The number of aromatic nitrogens is 1. The van der Waals surface area contributed by atoms with Crippen LogP contribution in [0.4, 0.5) is 23.2 Å². The van der Waals surface area contributed by atoms with Crippen molar-refractivity contribution in [2.24, 2.45) is 11.0 Å². The molecule has 0 saturated heterocycles. The molecule has 6 nitrogen and oxygen atoms in total. The van der Waals surface area contributed by atoms with Gasteiger partial charge in [0.2, 0.25) is 5.88 Å². The molecule has 0 aliphatic carbocycles. The predicted molar refractivity (Wildman–Crippen MR) is 132 cm³/mol. The number of benzene rings is 2. The second-order valence-corrected chi connectivity index (χ2v) is 9.09. The first-order valence-corrected chi connectivity index (χ1v) is 11.7. The zero-order valence-corrected chi connectivity index (χ0v) is 20.5. The average molecular weight is 518 g/mol. The first-order chi connectivity index (χ1) is 17.5. The largest absolute Gasteiger partial charge is 0.481 e. The Kier molecular flexibility index (Phi) is 7.52. The number of ether oxygens (including phenoxy) is 1. The lowest BCUT2D eigenvalue weighted by atomic mass is 9.94. The number of hydrogen-bond donors (Lipinski definition) is 2. The second-order valence-electron chi connectivity index (χ2n) is 9.09. The number of hydrogen-bond acceptors (Lipinski definition) is 6. The van der Waals surface area contributed by atoms with Gasteiger partial charge in [-0.2, -0.15) is 18.3 Å². The molecule has 37 heavy (non-hydrogen) atoms. The summed E-state index contributed by atoms with van der Waals surface area (Å²) in [5.41, 5.74) is 3.42. The van der Waals surface area contributed by atoms with Crippen molar-refractivity contribution < 1.29 is 32.5 Å². The number of pyridine rings is 1. The lowest BCUT2D eigenvalue weighted by Gasteiger charge is -2.27. The van der Waals surface area contributed by atoms with E-state index in [2.05, 4.69) is 10.1 Å². The van der Waals surface area contributed by atoms with Crippen molar-refractivity contribution in [3.8, 4) is 17.0 Å². The number of methoxy groups -OCH3 is 1. The van der Waals surface area contributed by atoms with Crippen LogP contribution in [0.15, 0.2) is 59.8 Å². The molecule has 0 saturated carbocycles. The Morgan fingerprint density at radius 2 is 1.78 bits per heavy atom. The van der Waals surface area contributed by atoms with Gasteiger partial charge >= 0.3 is 6.18 Å². The van der Waals surface area contributed by atoms with Gasteiger partial charge in [-0.1, -0.05) is 37.3 Å². The number of aliphatic hydroxyl groups excluding tert-OH is 1. The molecule has 0 fully saturated rings. The third-order valence-electron chi connectivity index (χ3n) is 6.57. The smallest absolute Gasteiger partial charge is 0.431 e. The van der Waals surface area contributed by atoms with E-state index in [0.717, 1.165) is 22.9 Å². The van der Waals surface area contributed by atoms with Crippen molar-refractivity contribution in [3.05, 3.63) is 77.2 Å². The van der Waals surface area contributed by atoms with Gasteiger partial charge in [0, 0.05) is 24.0 Å². The van der Waals surface area contributed by atoms with Gasteiger partial charge in [0.1, 0.15) is 11.5 Å². The monoisotopic (exact) mass is 517 g/mol. The molecule has 1 aliphatic heterocycles. The summed E-state index contributed by atoms with van der Waals surface area (Å²) in [4.78, 5) is 3.86. The van der Waals surface area contributed by atoms with Crippen LogP contribution in [0, 0.1) is 18.7 Å². The SMILES string of the molecule is COc1cc(-c2ccc(Cc3ccc(N4N=C(C(F)(F)F)[C@@H](C)[C@@H]4CC(O)O)cc3)c(C)c2)c(F)cn1. The van der Waals surface area contributed by atoms with Crippen molar-refractivity contribution in [2.75, 3.05) is 12.1 Å². The Morgan fingerprint density at radius 1 is 1.08 bits per heavy atom. The van der Waals surface area contributed by atoms with E-state index in [1.54, 1.807) is 24.3 Å². The number of halogens is 4. The fourth-order valence-electron chi connectivity index (χ4n) is 4.56. The van der Waals surface area contributed by atoms with Crippen LogP contribution in [0.2, 0.25) is 0 Å². The summed E-state index contributed by atoms with van der Waals surface area (Å²) < 4.78 is 59.7. The van der Waals surface area contributed by atoms with E-state index in [1.807, 2.05) is 25.1 Å². The third kappa shape index (κ3) is 5.75. The van der Waals surface area contributed by atoms with Gasteiger partial charge in [0.15, 0.2) is 6.29 Å². The number of aryl methyl sites for hydroxylation is 1. The van der Waals surface area contributed by atoms with Gasteiger partial charge in [-0.05, 0) is 47.7 Å². The average Bonchev–Trinajstić information content (AvgIpc) is 3.17. The number of rotatable bonds is 7. The normalized spacial score (nSPS) is 17.9. The van der Waals surface area contributed by atoms with E-state index in [-0.39, 0.29) is 6.42 Å². The Balaban J connectivity index is 1.55. The summed E-state index contributed by atoms with van der Waals surface area (Å²) >= 11 is 0. The fraction of sp³-hybridized carbons (Fsp3) is 0.333. The molecule has 10 heteroatoms. The van der Waals surface area contributed by atoms with Crippen LogP contribution in [-0.2, 0) is 6.42 Å². The summed E-state index contributed by atoms with van der Waals surface area (Å²) in [5.74, 6) is -1.16. The van der Waals surface area contributed by atoms with Crippen molar-refractivity contribution in [2.45, 2.75) is 45.2 Å². The molecule has 2 aromatic carbocycles. The van der Waals surface area contributed by atoms with E-state index in [9.17, 15) is 27.8 Å². The Labute approximate surface area is 211 Å². The summed E-state index contributed by atoms with van der Waals surface area (Å²) in [5, 5.41) is 23.8. The van der Waals surface area contributed by atoms with Gasteiger partial charge < -0.3 is 14.9 Å². The van der Waals surface area contributed by atoms with E-state index in [4.69, 9.17) is 4.74 Å². The van der Waals surface area contributed by atoms with Gasteiger partial charge in [-0.15, -0.1) is 0 Å². The molecule has 0 spiro atoms. The van der Waals surface area contributed by atoms with Crippen LogP contribution in [0.25, 0.3) is 11.1 Å². The Morgan fingerprint density at radius 3 is 2.38 bits per heavy atom. The predicted octanol–water partition coefficient (Wildman–Crippen LogP) is 5.24. The molecule has 0 unspecified atom stereocenters. The summed E-state index contributed by atoms with van der Waals surface area (Å²) in [7, 11) is 1.46. The van der Waals surface area contributed by atoms with Gasteiger partial charge in [-0.25, -0.2) is 9.37 Å². The molecule has 0 radical (unpaired) electrons. The number of nitrogens with zero attached hydrogens (tertiary/aromatic N) is 3. The molecule has 0 bridgehead atoms. The maximum absolute atomic E-state index is 14.3. The van der Waals surface area contributed by atoms with Gasteiger partial charge in [0.05, 0.1) is 25.0 Å². The highest BCUT2D eigenvalue weighted by Crippen LogP contribution is 2.37. The van der Waals surface area contributed by atoms with E-state index < -0.39 is 36.0 Å². The van der Waals surface area contributed by atoms with Crippen molar-refractivity contribution in [1.82, 2.24) is 4.98 Å². The van der Waals surface area contributed by atoms with Crippen molar-refractivity contribution in [3.63, 3.8) is 0 Å². The topological polar surface area (TPSA) is 78.2 Å². The van der Waals surface area contributed by atoms with E-state index >= 15 is 0 Å². The third-order valence-corrected chi connectivity index (χ3v) is 6.57. The van der Waals surface area contributed by atoms with Gasteiger partial charge in [-0.3, -0.25) is 5.01 Å². The molecule has 4 rings (SSSR count). The number of anilines is 1. The minimum atomic E-state index is -4.61. The first kappa shape index (κ1) is 26.6. The molecule has 3 aromatic rings. The molecule has 2 heterocycles. The highest BCUT2D eigenvalue weighted by Gasteiger charge is 2.48. The van der Waals surface area contributed by atoms with Crippen LogP contribution in [0.5, 0.6) is 5.88 Å². The first-order valence-electron chi connectivity index (χ1n) is 11.7. The van der Waals surface area contributed by atoms with Crippen molar-refractivity contribution in [1.29, 1.82) is 0 Å². The molecule has 1 aliphatic rings. The molecule has 2 atom stereocenters. The van der Waals surface area contributed by atoms with Crippen molar-refractivity contribution >= 4 is 11.4 Å². The van der Waals surface area contributed by atoms with Crippen LogP contribution in [0.1, 0.15) is 30.0 Å². The second kappa shape index (κ2) is 10.5.